The second-order valence-electron chi connectivity index (χ2n) is 5.18. The Kier molecular flexibility index (Phi) is 4.12. The van der Waals surface area contributed by atoms with Gasteiger partial charge in [-0.05, 0) is 12.1 Å². The van der Waals surface area contributed by atoms with Gasteiger partial charge in [0.05, 0.1) is 27.8 Å². The Hall–Kier alpha value is -3.02. The van der Waals surface area contributed by atoms with Gasteiger partial charge in [0.15, 0.2) is 11.5 Å². The number of benzene rings is 1. The van der Waals surface area contributed by atoms with E-state index in [2.05, 4.69) is 0 Å². The van der Waals surface area contributed by atoms with Gasteiger partial charge < -0.3 is 18.6 Å². The maximum absolute atomic E-state index is 12.7. The maximum atomic E-state index is 12.7. The molecule has 0 spiro atoms. The van der Waals surface area contributed by atoms with Crippen molar-refractivity contribution in [2.75, 3.05) is 21.3 Å². The van der Waals surface area contributed by atoms with E-state index in [9.17, 15) is 9.59 Å². The van der Waals surface area contributed by atoms with Crippen LogP contribution in [0.5, 0.6) is 11.5 Å². The van der Waals surface area contributed by atoms with E-state index >= 15 is 0 Å². The van der Waals surface area contributed by atoms with Gasteiger partial charge in [-0.15, -0.1) is 0 Å². The number of Topliss-reactive ketones (excluding diaryl/α,β-unsaturated/α-hetero) is 1. The molecule has 124 valence electrons. The van der Waals surface area contributed by atoms with Crippen LogP contribution in [0.4, 0.5) is 0 Å². The minimum absolute atomic E-state index is 0.00961. The van der Waals surface area contributed by atoms with Gasteiger partial charge in [0, 0.05) is 11.6 Å². The van der Waals surface area contributed by atoms with Crippen LogP contribution in [0.3, 0.4) is 0 Å². The van der Waals surface area contributed by atoms with Gasteiger partial charge >= 0.3 is 0 Å². The second kappa shape index (κ2) is 6.23. The second-order valence-corrected chi connectivity index (χ2v) is 5.18. The van der Waals surface area contributed by atoms with Gasteiger partial charge in [-0.25, -0.2) is 0 Å². The van der Waals surface area contributed by atoms with Gasteiger partial charge in [-0.2, -0.15) is 0 Å². The predicted molar refractivity (Wildman–Crippen MR) is 87.5 cm³/mol. The lowest BCUT2D eigenvalue weighted by Crippen LogP contribution is -2.22. The largest absolute Gasteiger partial charge is 0.500 e. The summed E-state index contributed by atoms with van der Waals surface area (Å²) in [6, 6.07) is 7.04. The molecule has 24 heavy (non-hydrogen) atoms. The third-order valence-electron chi connectivity index (χ3n) is 3.80. The minimum Gasteiger partial charge on any atom is -0.500 e. The number of hydrogen-bond donors (Lipinski definition) is 0. The zero-order valence-corrected chi connectivity index (χ0v) is 13.5. The maximum Gasteiger partial charge on any atom is 0.238 e. The molecular formula is C18H16O6. The summed E-state index contributed by atoms with van der Waals surface area (Å²) in [6.45, 7) is 0. The van der Waals surface area contributed by atoms with E-state index in [4.69, 9.17) is 18.6 Å². The summed E-state index contributed by atoms with van der Waals surface area (Å²) in [6.07, 6.45) is 1.58. The standard InChI is InChI=1S/C18H16O6/c1-21-11-6-4-5-10(7-11)17-18(23-3)16(20)15-13(19)8-12(22-2)9-14(15)24-17/h4-7,9H,8H2,1-3H3. The summed E-state index contributed by atoms with van der Waals surface area (Å²) in [5.74, 6) is 1.10. The van der Waals surface area contributed by atoms with Crippen molar-refractivity contribution in [3.8, 4) is 22.8 Å². The third-order valence-corrected chi connectivity index (χ3v) is 3.80. The number of carbonyl (C=O) groups excluding carboxylic acids is 1. The highest BCUT2D eigenvalue weighted by Crippen LogP contribution is 2.34. The monoisotopic (exact) mass is 328 g/mol. The minimum atomic E-state index is -0.493. The number of rotatable bonds is 4. The van der Waals surface area contributed by atoms with Crippen molar-refractivity contribution in [2.45, 2.75) is 6.42 Å². The fourth-order valence-electron chi connectivity index (χ4n) is 2.62. The lowest BCUT2D eigenvalue weighted by Gasteiger charge is -2.16. The van der Waals surface area contributed by atoms with E-state index in [1.165, 1.54) is 14.2 Å². The molecule has 6 nitrogen and oxygen atoms in total. The molecule has 1 aliphatic rings. The third kappa shape index (κ3) is 2.56. The van der Waals surface area contributed by atoms with Gasteiger partial charge in [0.25, 0.3) is 0 Å². The van der Waals surface area contributed by atoms with Crippen molar-refractivity contribution in [3.05, 3.63) is 51.6 Å². The van der Waals surface area contributed by atoms with Crippen LogP contribution in [0.15, 0.2) is 39.2 Å². The molecule has 0 bridgehead atoms. The zero-order valence-electron chi connectivity index (χ0n) is 13.5. The summed E-state index contributed by atoms with van der Waals surface area (Å²) in [7, 11) is 4.38. The highest BCUT2D eigenvalue weighted by atomic mass is 16.5. The molecule has 3 rings (SSSR count). The van der Waals surface area contributed by atoms with Crippen molar-refractivity contribution in [1.82, 2.24) is 0 Å². The molecule has 0 saturated carbocycles. The Morgan fingerprint density at radius 3 is 2.50 bits per heavy atom. The van der Waals surface area contributed by atoms with E-state index in [0.717, 1.165) is 0 Å². The van der Waals surface area contributed by atoms with Crippen molar-refractivity contribution in [3.63, 3.8) is 0 Å². The van der Waals surface area contributed by atoms with E-state index in [1.807, 2.05) is 0 Å². The van der Waals surface area contributed by atoms with Crippen molar-refractivity contribution in [1.29, 1.82) is 0 Å². The van der Waals surface area contributed by atoms with Gasteiger partial charge in [-0.3, -0.25) is 9.59 Å². The van der Waals surface area contributed by atoms with Crippen LogP contribution in [0.1, 0.15) is 22.5 Å². The Balaban J connectivity index is 2.28. The topological polar surface area (TPSA) is 75.0 Å². The van der Waals surface area contributed by atoms with Crippen LogP contribution in [0, 0.1) is 0 Å². The number of methoxy groups -OCH3 is 3. The molecule has 0 amide bonds. The summed E-state index contributed by atoms with van der Waals surface area (Å²) in [5, 5.41) is 0. The van der Waals surface area contributed by atoms with Crippen molar-refractivity contribution >= 4 is 11.9 Å². The molecule has 0 N–H and O–H groups in total. The molecule has 1 heterocycles. The molecule has 1 aromatic carbocycles. The van der Waals surface area contributed by atoms with Gasteiger partial charge in [0.1, 0.15) is 22.8 Å². The fourth-order valence-corrected chi connectivity index (χ4v) is 2.62. The molecule has 1 aliphatic carbocycles. The SMILES string of the molecule is COC1=Cc2oc(-c3cccc(OC)c3)c(OC)c(=O)c2C(=O)C1. The van der Waals surface area contributed by atoms with E-state index < -0.39 is 5.43 Å². The Morgan fingerprint density at radius 2 is 1.83 bits per heavy atom. The molecule has 0 atom stereocenters. The molecule has 0 radical (unpaired) electrons. The van der Waals surface area contributed by atoms with E-state index in [1.54, 1.807) is 37.5 Å². The Labute approximate surface area is 138 Å². The fraction of sp³-hybridized carbons (Fsp3) is 0.222. The lowest BCUT2D eigenvalue weighted by atomic mass is 9.98. The normalized spacial score (nSPS) is 13.1. The summed E-state index contributed by atoms with van der Waals surface area (Å²) >= 11 is 0. The van der Waals surface area contributed by atoms with Gasteiger partial charge in [0.2, 0.25) is 11.2 Å². The molecule has 0 aliphatic heterocycles. The first kappa shape index (κ1) is 15.9. The predicted octanol–water partition coefficient (Wildman–Crippen LogP) is 2.90. The molecule has 0 saturated heterocycles. The van der Waals surface area contributed by atoms with Crippen molar-refractivity contribution in [2.24, 2.45) is 0 Å². The highest BCUT2D eigenvalue weighted by Gasteiger charge is 2.29. The van der Waals surface area contributed by atoms with E-state index in [-0.39, 0.29) is 35.0 Å². The van der Waals surface area contributed by atoms with Crippen LogP contribution in [0.25, 0.3) is 17.4 Å². The first-order valence-electron chi connectivity index (χ1n) is 7.26. The molecule has 0 fully saturated rings. The summed E-state index contributed by atoms with van der Waals surface area (Å²) < 4.78 is 21.4. The van der Waals surface area contributed by atoms with Crippen LogP contribution >= 0.6 is 0 Å². The Bertz CT molecular complexity index is 891. The zero-order chi connectivity index (χ0) is 17.3. The van der Waals surface area contributed by atoms with Crippen LogP contribution in [-0.2, 0) is 4.74 Å². The summed E-state index contributed by atoms with van der Waals surface area (Å²) in [5.41, 5.74) is 0.101. The van der Waals surface area contributed by atoms with Gasteiger partial charge in [-0.1, -0.05) is 12.1 Å². The first-order valence-corrected chi connectivity index (χ1v) is 7.26. The highest BCUT2D eigenvalue weighted by molar-refractivity contribution is 6.03. The smallest absolute Gasteiger partial charge is 0.238 e. The molecule has 0 unspecified atom stereocenters. The molecule has 6 heteroatoms. The number of ketones is 1. The Morgan fingerprint density at radius 1 is 1.04 bits per heavy atom. The number of fused-ring (bicyclic) bond motifs is 1. The van der Waals surface area contributed by atoms with Crippen molar-refractivity contribution < 1.29 is 23.4 Å². The van der Waals surface area contributed by atoms with Crippen LogP contribution < -0.4 is 14.9 Å². The molecule has 1 aromatic heterocycles. The average Bonchev–Trinajstić information content (AvgIpc) is 2.60. The molecular weight excluding hydrogens is 312 g/mol. The number of carbonyl (C=O) groups is 1. The first-order chi connectivity index (χ1) is 11.6. The molecule has 2 aromatic rings. The van der Waals surface area contributed by atoms with Crippen LogP contribution in [-0.4, -0.2) is 27.1 Å². The number of allylic oxidation sites excluding steroid dienone is 1. The number of ether oxygens (including phenoxy) is 3. The number of hydrogen-bond acceptors (Lipinski definition) is 6. The quantitative estimate of drug-likeness (QED) is 0.859. The van der Waals surface area contributed by atoms with Crippen LogP contribution in [0.2, 0.25) is 0 Å². The average molecular weight is 328 g/mol. The summed E-state index contributed by atoms with van der Waals surface area (Å²) in [4.78, 5) is 24.9. The lowest BCUT2D eigenvalue weighted by molar-refractivity contribution is 0.0965. The van der Waals surface area contributed by atoms with E-state index in [0.29, 0.717) is 17.1 Å².